The van der Waals surface area contributed by atoms with Crippen LogP contribution in [0.15, 0.2) is 29.2 Å². The number of ether oxygens (including phenoxy) is 1. The molecular weight excluding hydrogens is 250 g/mol. The Morgan fingerprint density at radius 2 is 2.00 bits per heavy atom. The van der Waals surface area contributed by atoms with Crippen LogP contribution in [0.25, 0.3) is 0 Å². The first kappa shape index (κ1) is 13.3. The van der Waals surface area contributed by atoms with Gasteiger partial charge in [0.2, 0.25) is 0 Å². The first-order valence-electron chi connectivity index (χ1n) is 4.75. The van der Waals surface area contributed by atoms with Crippen LogP contribution >= 0.6 is 23.4 Å². The van der Waals surface area contributed by atoms with Crippen LogP contribution in [-0.4, -0.2) is 29.8 Å². The molecular formula is C10H12ClNO3S. The van der Waals surface area contributed by atoms with Gasteiger partial charge in [-0.25, -0.2) is 0 Å². The molecule has 0 spiro atoms. The van der Waals surface area contributed by atoms with Crippen LogP contribution in [0, 0.1) is 10.1 Å². The Kier molecular flexibility index (Phi) is 6.22. The van der Waals surface area contributed by atoms with Gasteiger partial charge in [-0.05, 0) is 12.1 Å². The maximum absolute atomic E-state index is 10.4. The summed E-state index contributed by atoms with van der Waals surface area (Å²) in [6.45, 7) is 1.19. The third-order valence-electron chi connectivity index (χ3n) is 1.77. The highest BCUT2D eigenvalue weighted by atomic mass is 35.5. The summed E-state index contributed by atoms with van der Waals surface area (Å²) in [5.41, 5.74) is 0.114. The average Bonchev–Trinajstić information content (AvgIpc) is 2.29. The zero-order valence-corrected chi connectivity index (χ0v) is 10.2. The first-order valence-corrected chi connectivity index (χ1v) is 6.27. The second-order valence-corrected chi connectivity index (χ2v) is 4.45. The zero-order valence-electron chi connectivity index (χ0n) is 8.60. The van der Waals surface area contributed by atoms with Gasteiger partial charge in [0.05, 0.1) is 18.1 Å². The van der Waals surface area contributed by atoms with Crippen molar-refractivity contribution in [2.75, 3.05) is 24.8 Å². The predicted octanol–water partition coefficient (Wildman–Crippen LogP) is 2.94. The number of nitro groups is 1. The molecule has 88 valence electrons. The third-order valence-corrected chi connectivity index (χ3v) is 2.90. The fraction of sp³-hybridized carbons (Fsp3) is 0.400. The molecule has 0 bridgehead atoms. The van der Waals surface area contributed by atoms with E-state index >= 15 is 0 Å². The van der Waals surface area contributed by atoms with Gasteiger partial charge in [-0.1, -0.05) is 0 Å². The Hall–Kier alpha value is -0.780. The number of alkyl halides is 1. The molecule has 0 saturated carbocycles. The molecule has 0 aliphatic rings. The van der Waals surface area contributed by atoms with E-state index in [1.165, 1.54) is 12.1 Å². The van der Waals surface area contributed by atoms with Gasteiger partial charge in [-0.15, -0.1) is 23.4 Å². The van der Waals surface area contributed by atoms with E-state index in [2.05, 4.69) is 0 Å². The highest BCUT2D eigenvalue weighted by Crippen LogP contribution is 2.20. The van der Waals surface area contributed by atoms with Crippen LogP contribution in [0.3, 0.4) is 0 Å². The quantitative estimate of drug-likeness (QED) is 0.249. The molecule has 0 aromatic heterocycles. The number of halogens is 1. The maximum Gasteiger partial charge on any atom is 0.269 e. The van der Waals surface area contributed by atoms with Crippen LogP contribution in [0.2, 0.25) is 0 Å². The van der Waals surface area contributed by atoms with E-state index in [-0.39, 0.29) is 5.69 Å². The molecule has 0 saturated heterocycles. The molecule has 0 unspecified atom stereocenters. The summed E-state index contributed by atoms with van der Waals surface area (Å²) in [6.07, 6.45) is 0. The van der Waals surface area contributed by atoms with Gasteiger partial charge >= 0.3 is 0 Å². The lowest BCUT2D eigenvalue weighted by atomic mass is 10.3. The summed E-state index contributed by atoms with van der Waals surface area (Å²) in [7, 11) is 0. The van der Waals surface area contributed by atoms with Crippen molar-refractivity contribution in [1.82, 2.24) is 0 Å². The minimum Gasteiger partial charge on any atom is -0.379 e. The highest BCUT2D eigenvalue weighted by Gasteiger charge is 2.03. The number of non-ortho nitro benzene ring substituents is 1. The molecule has 0 N–H and O–H groups in total. The van der Waals surface area contributed by atoms with E-state index in [0.29, 0.717) is 19.1 Å². The van der Waals surface area contributed by atoms with E-state index in [9.17, 15) is 10.1 Å². The van der Waals surface area contributed by atoms with Gasteiger partial charge < -0.3 is 4.74 Å². The van der Waals surface area contributed by atoms with Crippen LogP contribution in [-0.2, 0) is 4.74 Å². The Morgan fingerprint density at radius 3 is 2.56 bits per heavy atom. The Morgan fingerprint density at radius 1 is 1.31 bits per heavy atom. The molecule has 0 aliphatic heterocycles. The standard InChI is InChI=1S/C10H12ClNO3S/c11-5-6-15-7-8-16-10-3-1-9(2-4-10)12(13)14/h1-4H,5-8H2. The molecule has 1 aromatic rings. The Labute approximate surface area is 103 Å². The predicted molar refractivity (Wildman–Crippen MR) is 65.4 cm³/mol. The molecule has 0 amide bonds. The lowest BCUT2D eigenvalue weighted by Crippen LogP contribution is -1.99. The monoisotopic (exact) mass is 261 g/mol. The summed E-state index contributed by atoms with van der Waals surface area (Å²) in [5, 5.41) is 10.4. The lowest BCUT2D eigenvalue weighted by Gasteiger charge is -2.02. The minimum absolute atomic E-state index is 0.114. The van der Waals surface area contributed by atoms with Crippen molar-refractivity contribution >= 4 is 29.1 Å². The maximum atomic E-state index is 10.4. The van der Waals surface area contributed by atoms with Crippen molar-refractivity contribution < 1.29 is 9.66 Å². The summed E-state index contributed by atoms with van der Waals surface area (Å²) in [6, 6.07) is 6.48. The summed E-state index contributed by atoms with van der Waals surface area (Å²) >= 11 is 7.05. The van der Waals surface area contributed by atoms with Crippen LogP contribution in [0.1, 0.15) is 0 Å². The number of hydrogen-bond acceptors (Lipinski definition) is 4. The molecule has 0 fully saturated rings. The van der Waals surface area contributed by atoms with Crippen molar-refractivity contribution in [3.8, 4) is 0 Å². The fourth-order valence-corrected chi connectivity index (χ4v) is 1.91. The Bertz CT molecular complexity index is 331. The normalized spacial score (nSPS) is 10.3. The summed E-state index contributed by atoms with van der Waals surface area (Å²) in [5.74, 6) is 1.32. The zero-order chi connectivity index (χ0) is 11.8. The molecule has 16 heavy (non-hydrogen) atoms. The van der Waals surface area contributed by atoms with Gasteiger partial charge in [-0.2, -0.15) is 0 Å². The number of hydrogen-bond donors (Lipinski definition) is 0. The smallest absolute Gasteiger partial charge is 0.269 e. The van der Waals surface area contributed by atoms with E-state index in [4.69, 9.17) is 16.3 Å². The van der Waals surface area contributed by atoms with Crippen molar-refractivity contribution in [3.63, 3.8) is 0 Å². The van der Waals surface area contributed by atoms with Gasteiger partial charge in [0, 0.05) is 28.7 Å². The van der Waals surface area contributed by atoms with Crippen molar-refractivity contribution in [2.24, 2.45) is 0 Å². The first-order chi connectivity index (χ1) is 7.74. The topological polar surface area (TPSA) is 52.4 Å². The van der Waals surface area contributed by atoms with E-state index in [1.807, 2.05) is 0 Å². The number of thioether (sulfide) groups is 1. The molecule has 4 nitrogen and oxygen atoms in total. The second kappa shape index (κ2) is 7.49. The lowest BCUT2D eigenvalue weighted by molar-refractivity contribution is -0.384. The van der Waals surface area contributed by atoms with Crippen LogP contribution < -0.4 is 0 Å². The van der Waals surface area contributed by atoms with Crippen LogP contribution in [0.5, 0.6) is 0 Å². The van der Waals surface area contributed by atoms with Gasteiger partial charge in [0.15, 0.2) is 0 Å². The number of rotatable bonds is 7. The number of nitro benzene ring substituents is 1. The fourth-order valence-electron chi connectivity index (χ4n) is 1.04. The SMILES string of the molecule is O=[N+]([O-])c1ccc(SCCOCCCl)cc1. The molecule has 0 atom stereocenters. The Balaban J connectivity index is 2.29. The van der Waals surface area contributed by atoms with E-state index < -0.39 is 4.92 Å². The molecule has 0 aliphatic carbocycles. The van der Waals surface area contributed by atoms with E-state index in [0.717, 1.165) is 10.6 Å². The van der Waals surface area contributed by atoms with Gasteiger partial charge in [0.25, 0.3) is 5.69 Å². The third kappa shape index (κ3) is 4.83. The van der Waals surface area contributed by atoms with Crippen molar-refractivity contribution in [3.05, 3.63) is 34.4 Å². The second-order valence-electron chi connectivity index (χ2n) is 2.90. The number of benzene rings is 1. The molecule has 6 heteroatoms. The largest absolute Gasteiger partial charge is 0.379 e. The van der Waals surface area contributed by atoms with Gasteiger partial charge in [-0.3, -0.25) is 10.1 Å². The summed E-state index contributed by atoms with van der Waals surface area (Å²) < 4.78 is 5.21. The van der Waals surface area contributed by atoms with Gasteiger partial charge in [0.1, 0.15) is 0 Å². The van der Waals surface area contributed by atoms with E-state index in [1.54, 1.807) is 23.9 Å². The average molecular weight is 262 g/mol. The van der Waals surface area contributed by atoms with Crippen molar-refractivity contribution in [2.45, 2.75) is 4.90 Å². The molecule has 0 radical (unpaired) electrons. The minimum atomic E-state index is -0.405. The van der Waals surface area contributed by atoms with Crippen LogP contribution in [0.4, 0.5) is 5.69 Å². The number of nitrogens with zero attached hydrogens (tertiary/aromatic N) is 1. The summed E-state index contributed by atoms with van der Waals surface area (Å²) in [4.78, 5) is 11.0. The molecule has 1 aromatic carbocycles. The highest BCUT2D eigenvalue weighted by molar-refractivity contribution is 7.99. The molecule has 1 rings (SSSR count). The molecule has 0 heterocycles. The van der Waals surface area contributed by atoms with Crippen molar-refractivity contribution in [1.29, 1.82) is 0 Å².